The molecule has 0 aromatic heterocycles. The molecule has 0 aliphatic heterocycles. The Morgan fingerprint density at radius 2 is 1.58 bits per heavy atom. The molecule has 68 valence electrons. The lowest BCUT2D eigenvalue weighted by Crippen LogP contribution is -2.06. The Bertz CT molecular complexity index is 197. The molecule has 0 fully saturated rings. The average molecular weight is 164 g/mol. The average Bonchev–Trinajstić information content (AvgIpc) is 1.95. The SMILES string of the molecule is C\C=C/C=C(\C=C\C)C(C)(C)C. The van der Waals surface area contributed by atoms with Gasteiger partial charge >= 0.3 is 0 Å². The molecule has 0 nitrogen and oxygen atoms in total. The summed E-state index contributed by atoms with van der Waals surface area (Å²) < 4.78 is 0. The van der Waals surface area contributed by atoms with Crippen LogP contribution in [0.25, 0.3) is 0 Å². The van der Waals surface area contributed by atoms with Crippen LogP contribution in [0.15, 0.2) is 36.0 Å². The van der Waals surface area contributed by atoms with Crippen molar-refractivity contribution >= 4 is 0 Å². The topological polar surface area (TPSA) is 0 Å². The zero-order chi connectivity index (χ0) is 9.61. The van der Waals surface area contributed by atoms with Crippen molar-refractivity contribution in [2.24, 2.45) is 5.41 Å². The Kier molecular flexibility index (Phi) is 4.65. The lowest BCUT2D eigenvalue weighted by atomic mass is 9.86. The normalized spacial score (nSPS) is 14.9. The third kappa shape index (κ3) is 4.17. The number of hydrogen-bond acceptors (Lipinski definition) is 0. The van der Waals surface area contributed by atoms with Gasteiger partial charge in [-0.15, -0.1) is 0 Å². The number of allylic oxidation sites excluding steroid dienone is 6. The minimum absolute atomic E-state index is 0.242. The van der Waals surface area contributed by atoms with Crippen LogP contribution < -0.4 is 0 Å². The summed E-state index contributed by atoms with van der Waals surface area (Å²) in [5, 5.41) is 0. The molecule has 0 spiro atoms. The van der Waals surface area contributed by atoms with Gasteiger partial charge in [-0.2, -0.15) is 0 Å². The molecule has 0 saturated heterocycles. The summed E-state index contributed by atoms with van der Waals surface area (Å²) in [7, 11) is 0. The van der Waals surface area contributed by atoms with Gasteiger partial charge in [0.25, 0.3) is 0 Å². The number of hydrogen-bond donors (Lipinski definition) is 0. The fraction of sp³-hybridized carbons (Fsp3) is 0.500. The van der Waals surface area contributed by atoms with Gasteiger partial charge in [-0.3, -0.25) is 0 Å². The van der Waals surface area contributed by atoms with Crippen molar-refractivity contribution in [1.29, 1.82) is 0 Å². The van der Waals surface area contributed by atoms with Gasteiger partial charge in [0, 0.05) is 0 Å². The van der Waals surface area contributed by atoms with Crippen molar-refractivity contribution in [1.82, 2.24) is 0 Å². The fourth-order valence-corrected chi connectivity index (χ4v) is 0.935. The molecule has 0 radical (unpaired) electrons. The van der Waals surface area contributed by atoms with Crippen molar-refractivity contribution in [2.45, 2.75) is 34.6 Å². The zero-order valence-electron chi connectivity index (χ0n) is 8.89. The molecule has 0 N–H and O–H groups in total. The van der Waals surface area contributed by atoms with Crippen LogP contribution in [0.2, 0.25) is 0 Å². The van der Waals surface area contributed by atoms with Crippen LogP contribution in [0, 0.1) is 5.41 Å². The molecule has 0 heterocycles. The molecule has 12 heavy (non-hydrogen) atoms. The molecule has 0 bridgehead atoms. The van der Waals surface area contributed by atoms with Gasteiger partial charge in [-0.25, -0.2) is 0 Å². The van der Waals surface area contributed by atoms with E-state index in [0.29, 0.717) is 0 Å². The molecule has 0 rings (SSSR count). The van der Waals surface area contributed by atoms with Crippen LogP contribution >= 0.6 is 0 Å². The summed E-state index contributed by atoms with van der Waals surface area (Å²) in [5.74, 6) is 0. The summed E-state index contributed by atoms with van der Waals surface area (Å²) in [5.41, 5.74) is 1.61. The maximum absolute atomic E-state index is 2.22. The van der Waals surface area contributed by atoms with E-state index in [-0.39, 0.29) is 5.41 Å². The van der Waals surface area contributed by atoms with E-state index in [1.165, 1.54) is 5.57 Å². The zero-order valence-corrected chi connectivity index (χ0v) is 8.89. The van der Waals surface area contributed by atoms with Crippen LogP contribution in [0.1, 0.15) is 34.6 Å². The van der Waals surface area contributed by atoms with E-state index in [1.54, 1.807) is 0 Å². The lowest BCUT2D eigenvalue weighted by molar-refractivity contribution is 0.517. The number of rotatable bonds is 2. The van der Waals surface area contributed by atoms with E-state index in [0.717, 1.165) is 0 Å². The van der Waals surface area contributed by atoms with E-state index in [2.05, 4.69) is 58.1 Å². The molecular weight excluding hydrogens is 144 g/mol. The van der Waals surface area contributed by atoms with Gasteiger partial charge < -0.3 is 0 Å². The molecule has 0 unspecified atom stereocenters. The van der Waals surface area contributed by atoms with Crippen molar-refractivity contribution < 1.29 is 0 Å². The molecule has 0 aromatic carbocycles. The third-order valence-electron chi connectivity index (χ3n) is 1.68. The standard InChI is InChI=1S/C12H20/c1-6-8-10-11(9-7-2)12(3,4)5/h6-10H,1-5H3/b8-6-,9-7+,11-10+. The van der Waals surface area contributed by atoms with Crippen LogP contribution in [0.3, 0.4) is 0 Å². The Morgan fingerprint density at radius 1 is 1.00 bits per heavy atom. The van der Waals surface area contributed by atoms with E-state index in [4.69, 9.17) is 0 Å². The second-order valence-corrected chi connectivity index (χ2v) is 3.90. The molecule has 0 saturated carbocycles. The van der Waals surface area contributed by atoms with Crippen molar-refractivity contribution in [3.8, 4) is 0 Å². The van der Waals surface area contributed by atoms with E-state index in [1.807, 2.05) is 6.92 Å². The molecule has 0 atom stereocenters. The Labute approximate surface area is 76.7 Å². The molecule has 0 heteroatoms. The highest BCUT2D eigenvalue weighted by atomic mass is 14.2. The van der Waals surface area contributed by atoms with Crippen molar-refractivity contribution in [2.75, 3.05) is 0 Å². The van der Waals surface area contributed by atoms with Crippen LogP contribution in [-0.4, -0.2) is 0 Å². The molecule has 0 aliphatic rings. The second kappa shape index (κ2) is 4.97. The first kappa shape index (κ1) is 11.2. The molecular formula is C12H20. The monoisotopic (exact) mass is 164 g/mol. The predicted octanol–water partition coefficient (Wildman–Crippen LogP) is 4.11. The molecule has 0 amide bonds. The van der Waals surface area contributed by atoms with Gasteiger partial charge in [0.1, 0.15) is 0 Å². The summed E-state index contributed by atoms with van der Waals surface area (Å²) >= 11 is 0. The van der Waals surface area contributed by atoms with Gasteiger partial charge in [0.2, 0.25) is 0 Å². The van der Waals surface area contributed by atoms with Gasteiger partial charge in [0.05, 0.1) is 0 Å². The smallest absolute Gasteiger partial charge is 0.0132 e. The van der Waals surface area contributed by atoms with Gasteiger partial charge in [-0.05, 0) is 24.8 Å². The van der Waals surface area contributed by atoms with Crippen molar-refractivity contribution in [3.05, 3.63) is 36.0 Å². The largest absolute Gasteiger partial charge is 0.0877 e. The first-order chi connectivity index (χ1) is 5.52. The third-order valence-corrected chi connectivity index (χ3v) is 1.68. The lowest BCUT2D eigenvalue weighted by Gasteiger charge is -2.19. The summed E-state index contributed by atoms with van der Waals surface area (Å²) in [6.45, 7) is 10.8. The second-order valence-electron chi connectivity index (χ2n) is 3.90. The van der Waals surface area contributed by atoms with Crippen LogP contribution in [-0.2, 0) is 0 Å². The highest BCUT2D eigenvalue weighted by Crippen LogP contribution is 2.26. The Morgan fingerprint density at radius 3 is 1.92 bits per heavy atom. The fourth-order valence-electron chi connectivity index (χ4n) is 0.935. The van der Waals surface area contributed by atoms with E-state index in [9.17, 15) is 0 Å². The minimum atomic E-state index is 0.242. The molecule has 0 aliphatic carbocycles. The summed E-state index contributed by atoms with van der Waals surface area (Å²) in [6, 6.07) is 0. The Balaban J connectivity index is 4.67. The van der Waals surface area contributed by atoms with Crippen molar-refractivity contribution in [3.63, 3.8) is 0 Å². The maximum atomic E-state index is 2.22. The first-order valence-electron chi connectivity index (χ1n) is 4.48. The maximum Gasteiger partial charge on any atom is -0.0132 e. The van der Waals surface area contributed by atoms with Crippen LogP contribution in [0.4, 0.5) is 0 Å². The predicted molar refractivity (Wildman–Crippen MR) is 57.2 cm³/mol. The highest BCUT2D eigenvalue weighted by Gasteiger charge is 2.12. The molecule has 0 aromatic rings. The first-order valence-corrected chi connectivity index (χ1v) is 4.48. The van der Waals surface area contributed by atoms with E-state index >= 15 is 0 Å². The summed E-state index contributed by atoms with van der Waals surface area (Å²) in [6.07, 6.45) is 10.6. The minimum Gasteiger partial charge on any atom is -0.0877 e. The highest BCUT2D eigenvalue weighted by molar-refractivity contribution is 5.28. The van der Waals surface area contributed by atoms with E-state index < -0.39 is 0 Å². The van der Waals surface area contributed by atoms with Gasteiger partial charge in [-0.1, -0.05) is 51.2 Å². The van der Waals surface area contributed by atoms with Gasteiger partial charge in [0.15, 0.2) is 0 Å². The quantitative estimate of drug-likeness (QED) is 0.539. The Hall–Kier alpha value is -0.780. The summed E-state index contributed by atoms with van der Waals surface area (Å²) in [4.78, 5) is 0. The van der Waals surface area contributed by atoms with Crippen LogP contribution in [0.5, 0.6) is 0 Å².